The van der Waals surface area contributed by atoms with E-state index in [1.54, 1.807) is 33.3 Å². The molecule has 48 heavy (non-hydrogen) atoms. The summed E-state index contributed by atoms with van der Waals surface area (Å²) in [5.74, 6) is 2.09. The molecule has 1 fully saturated rings. The molecule has 0 aromatic heterocycles. The number of carbonyl (C=O) groups excluding carboxylic acids is 1. The number of benzene rings is 2. The number of amides is 1. The van der Waals surface area contributed by atoms with Crippen LogP contribution in [0, 0.1) is 33.3 Å². The van der Waals surface area contributed by atoms with E-state index in [1.165, 1.54) is 0 Å². The molecule has 0 spiro atoms. The van der Waals surface area contributed by atoms with Gasteiger partial charge in [0.1, 0.15) is 6.10 Å². The van der Waals surface area contributed by atoms with Gasteiger partial charge in [0, 0.05) is 31.6 Å². The Hall–Kier alpha value is -4.28. The van der Waals surface area contributed by atoms with Crippen molar-refractivity contribution in [1.29, 1.82) is 5.26 Å². The number of nitriles is 1. The molecule has 13 nitrogen and oxygen atoms in total. The zero-order valence-electron chi connectivity index (χ0n) is 29.1. The maximum atomic E-state index is 12.7. The van der Waals surface area contributed by atoms with Crippen molar-refractivity contribution in [2.45, 2.75) is 70.9 Å². The van der Waals surface area contributed by atoms with Crippen LogP contribution in [-0.4, -0.2) is 81.6 Å². The Bertz CT molecular complexity index is 1360. The number of ether oxygens (including phenoxy) is 4. The number of nitrogens with one attached hydrogen (secondary N) is 1. The number of likely N-dealkylation sites (N-methyl/N-ethyl adjacent to an activating group) is 1. The van der Waals surface area contributed by atoms with E-state index >= 15 is 0 Å². The van der Waals surface area contributed by atoms with Gasteiger partial charge in [-0.3, -0.25) is 15.1 Å². The summed E-state index contributed by atoms with van der Waals surface area (Å²) in [4.78, 5) is 30.4. The molecule has 264 valence electrons. The van der Waals surface area contributed by atoms with Gasteiger partial charge >= 0.3 is 0 Å². The SMILES string of the molecule is CCCC(C#N)CCC(c1ccc(OCC(=O)NN2CCC(C(C)O[N+](=O)[O-])CC2)c(OC)c1)N(C)CCc1ccc(OC)c(OC)c1. The molecule has 1 amide bonds. The predicted octanol–water partition coefficient (Wildman–Crippen LogP) is 5.37. The summed E-state index contributed by atoms with van der Waals surface area (Å²) in [5, 5.41) is 21.4. The fourth-order valence-corrected chi connectivity index (χ4v) is 6.19. The van der Waals surface area contributed by atoms with E-state index < -0.39 is 11.2 Å². The molecule has 3 rings (SSSR count). The van der Waals surface area contributed by atoms with Crippen LogP contribution in [-0.2, 0) is 16.1 Å². The van der Waals surface area contributed by atoms with E-state index in [2.05, 4.69) is 30.4 Å². The first kappa shape index (κ1) is 38.2. The monoisotopic (exact) mass is 669 g/mol. The zero-order valence-corrected chi connectivity index (χ0v) is 29.1. The highest BCUT2D eigenvalue weighted by molar-refractivity contribution is 5.77. The Balaban J connectivity index is 1.65. The largest absolute Gasteiger partial charge is 0.493 e. The lowest BCUT2D eigenvalue weighted by Gasteiger charge is -2.33. The first-order valence-corrected chi connectivity index (χ1v) is 16.6. The number of methoxy groups -OCH3 is 3. The van der Waals surface area contributed by atoms with Crippen molar-refractivity contribution in [3.63, 3.8) is 0 Å². The van der Waals surface area contributed by atoms with Crippen LogP contribution in [0.15, 0.2) is 36.4 Å². The third-order valence-corrected chi connectivity index (χ3v) is 9.01. The number of hydrogen-bond donors (Lipinski definition) is 1. The number of piperidine rings is 1. The van der Waals surface area contributed by atoms with Crippen LogP contribution in [0.5, 0.6) is 23.0 Å². The molecule has 1 N–H and O–H groups in total. The van der Waals surface area contributed by atoms with Gasteiger partial charge in [-0.05, 0) is 93.8 Å². The smallest absolute Gasteiger partial charge is 0.294 e. The number of hydrogen-bond acceptors (Lipinski definition) is 11. The van der Waals surface area contributed by atoms with Gasteiger partial charge in [-0.15, -0.1) is 10.1 Å². The quantitative estimate of drug-likeness (QED) is 0.143. The molecule has 0 radical (unpaired) electrons. The average Bonchev–Trinajstić information content (AvgIpc) is 3.09. The predicted molar refractivity (Wildman–Crippen MR) is 180 cm³/mol. The lowest BCUT2D eigenvalue weighted by Crippen LogP contribution is -2.49. The number of carbonyl (C=O) groups is 1. The van der Waals surface area contributed by atoms with Crippen molar-refractivity contribution < 1.29 is 33.7 Å². The van der Waals surface area contributed by atoms with Crippen molar-refractivity contribution in [1.82, 2.24) is 15.3 Å². The number of nitrogens with zero attached hydrogens (tertiary/aromatic N) is 4. The van der Waals surface area contributed by atoms with E-state index in [0.717, 1.165) is 49.8 Å². The van der Waals surface area contributed by atoms with Gasteiger partial charge in [-0.2, -0.15) is 5.26 Å². The van der Waals surface area contributed by atoms with E-state index in [0.29, 0.717) is 48.9 Å². The molecule has 1 aliphatic rings. The fourth-order valence-electron chi connectivity index (χ4n) is 6.19. The van der Waals surface area contributed by atoms with Crippen LogP contribution >= 0.6 is 0 Å². The minimum Gasteiger partial charge on any atom is -0.493 e. The first-order chi connectivity index (χ1) is 23.1. The van der Waals surface area contributed by atoms with Gasteiger partial charge in [0.2, 0.25) is 0 Å². The number of hydrazine groups is 1. The second kappa shape index (κ2) is 19.5. The van der Waals surface area contributed by atoms with Crippen molar-refractivity contribution in [3.05, 3.63) is 57.6 Å². The molecule has 3 atom stereocenters. The molecule has 13 heteroatoms. The van der Waals surface area contributed by atoms with Gasteiger partial charge in [-0.1, -0.05) is 25.5 Å². The summed E-state index contributed by atoms with van der Waals surface area (Å²) < 4.78 is 22.5. The second-order valence-corrected chi connectivity index (χ2v) is 12.2. The first-order valence-electron chi connectivity index (χ1n) is 16.6. The molecular formula is C35H51N5O8. The molecule has 3 unspecified atom stereocenters. The van der Waals surface area contributed by atoms with Crippen molar-refractivity contribution in [2.24, 2.45) is 11.8 Å². The van der Waals surface area contributed by atoms with Crippen molar-refractivity contribution in [3.8, 4) is 29.1 Å². The zero-order chi connectivity index (χ0) is 35.1. The lowest BCUT2D eigenvalue weighted by atomic mass is 9.92. The Morgan fingerprint density at radius 3 is 2.33 bits per heavy atom. The minimum atomic E-state index is -0.755. The Morgan fingerprint density at radius 1 is 1.04 bits per heavy atom. The van der Waals surface area contributed by atoms with Gasteiger partial charge in [0.15, 0.2) is 29.6 Å². The number of rotatable bonds is 20. The molecule has 1 heterocycles. The molecule has 0 saturated carbocycles. The molecule has 1 aliphatic heterocycles. The van der Waals surface area contributed by atoms with Crippen LogP contribution in [0.3, 0.4) is 0 Å². The van der Waals surface area contributed by atoms with E-state index in [4.69, 9.17) is 23.8 Å². The summed E-state index contributed by atoms with van der Waals surface area (Å²) in [6.45, 7) is 5.49. The lowest BCUT2D eigenvalue weighted by molar-refractivity contribution is -0.769. The molecular weight excluding hydrogens is 618 g/mol. The third-order valence-electron chi connectivity index (χ3n) is 9.01. The van der Waals surface area contributed by atoms with E-state index in [1.807, 2.05) is 36.4 Å². The average molecular weight is 670 g/mol. The maximum Gasteiger partial charge on any atom is 0.294 e. The van der Waals surface area contributed by atoms with Crippen molar-refractivity contribution >= 4 is 5.91 Å². The van der Waals surface area contributed by atoms with E-state index in [-0.39, 0.29) is 30.4 Å². The van der Waals surface area contributed by atoms with Gasteiger partial charge in [0.25, 0.3) is 11.0 Å². The van der Waals surface area contributed by atoms with E-state index in [9.17, 15) is 20.2 Å². The minimum absolute atomic E-state index is 0.0108. The summed E-state index contributed by atoms with van der Waals surface area (Å²) in [5.41, 5.74) is 5.02. The standard InChI is InChI=1S/C35H51N5O8/c1-7-8-27(23-36)9-12-30(38(3)18-15-26-10-13-31(44-4)33(21-26)45-5)29-11-14-32(34(22-29)46-6)47-24-35(41)37-39-19-16-28(17-20-39)25(2)48-40(42)43/h10-11,13-14,21-22,25,27-28,30H,7-9,12,15-20,24H2,1-6H3,(H,37,41). The summed E-state index contributed by atoms with van der Waals surface area (Å²) >= 11 is 0. The van der Waals surface area contributed by atoms with Crippen LogP contribution in [0.25, 0.3) is 0 Å². The highest BCUT2D eigenvalue weighted by atomic mass is 17.0. The van der Waals surface area contributed by atoms with Crippen LogP contribution < -0.4 is 24.4 Å². The topological polar surface area (TPSA) is 149 Å². The molecule has 0 aliphatic carbocycles. The Labute approximate surface area is 284 Å². The van der Waals surface area contributed by atoms with Crippen molar-refractivity contribution in [2.75, 3.05) is 54.6 Å². The molecule has 2 aromatic rings. The Kier molecular flexibility index (Phi) is 15.5. The van der Waals surface area contributed by atoms with Crippen LogP contribution in [0.1, 0.15) is 69.5 Å². The fraction of sp³-hybridized carbons (Fsp3) is 0.600. The maximum absolute atomic E-state index is 12.7. The van der Waals surface area contributed by atoms with Gasteiger partial charge in [0.05, 0.1) is 27.4 Å². The highest BCUT2D eigenvalue weighted by Crippen LogP contribution is 2.35. The van der Waals surface area contributed by atoms with Gasteiger partial charge in [-0.25, -0.2) is 5.01 Å². The summed E-state index contributed by atoms with van der Waals surface area (Å²) in [6.07, 6.45) is 5.03. The summed E-state index contributed by atoms with van der Waals surface area (Å²) in [6, 6.07) is 14.2. The highest BCUT2D eigenvalue weighted by Gasteiger charge is 2.27. The van der Waals surface area contributed by atoms with Gasteiger partial charge < -0.3 is 23.8 Å². The van der Waals surface area contributed by atoms with Crippen LogP contribution in [0.2, 0.25) is 0 Å². The van der Waals surface area contributed by atoms with Crippen LogP contribution in [0.4, 0.5) is 0 Å². The normalized spacial score (nSPS) is 15.5. The second-order valence-electron chi connectivity index (χ2n) is 12.2. The molecule has 1 saturated heterocycles. The Morgan fingerprint density at radius 2 is 1.71 bits per heavy atom. The summed E-state index contributed by atoms with van der Waals surface area (Å²) in [7, 11) is 6.91. The molecule has 2 aromatic carbocycles. The third kappa shape index (κ3) is 11.5. The molecule has 0 bridgehead atoms.